The number of benzene rings is 1. The average molecular weight is 215 g/mol. The molecule has 0 radical (unpaired) electrons. The highest BCUT2D eigenvalue weighted by molar-refractivity contribution is 7.89. The lowest BCUT2D eigenvalue weighted by Gasteiger charge is -2.10. The molecule has 0 aromatic heterocycles. The summed E-state index contributed by atoms with van der Waals surface area (Å²) in [4.78, 5) is 0.160. The molecule has 0 amide bonds. The quantitative estimate of drug-likeness (QED) is 0.726. The number of hydrogen-bond donors (Lipinski definition) is 2. The van der Waals surface area contributed by atoms with Crippen molar-refractivity contribution in [1.29, 1.82) is 0 Å². The van der Waals surface area contributed by atoms with Crippen LogP contribution in [-0.4, -0.2) is 19.8 Å². The maximum Gasteiger partial charge on any atom is 0.242 e. The molecule has 1 rings (SSSR count). The summed E-state index contributed by atoms with van der Waals surface area (Å²) in [5, 5.41) is 9.16. The van der Waals surface area contributed by atoms with Gasteiger partial charge in [-0.1, -0.05) is 25.1 Å². The topological polar surface area (TPSA) is 66.4 Å². The molecule has 5 heteroatoms. The molecule has 0 heterocycles. The van der Waals surface area contributed by atoms with Gasteiger partial charge in [0.05, 0.1) is 4.90 Å². The van der Waals surface area contributed by atoms with Crippen LogP contribution >= 0.6 is 0 Å². The van der Waals surface area contributed by atoms with Crippen LogP contribution in [0, 0.1) is 0 Å². The fourth-order valence-corrected chi connectivity index (χ4v) is 2.11. The normalized spacial score (nSPS) is 13.9. The van der Waals surface area contributed by atoms with Crippen molar-refractivity contribution in [2.75, 3.05) is 0 Å². The van der Waals surface area contributed by atoms with Gasteiger partial charge in [-0.05, 0) is 18.6 Å². The first-order valence-corrected chi connectivity index (χ1v) is 5.80. The first-order chi connectivity index (χ1) is 6.56. The van der Waals surface area contributed by atoms with Gasteiger partial charge in [0.2, 0.25) is 10.0 Å². The van der Waals surface area contributed by atoms with Crippen LogP contribution in [-0.2, 0) is 10.0 Å². The molecule has 0 aliphatic carbocycles. The van der Waals surface area contributed by atoms with Gasteiger partial charge >= 0.3 is 0 Å². The first-order valence-electron chi connectivity index (χ1n) is 4.31. The van der Waals surface area contributed by atoms with Crippen molar-refractivity contribution in [2.45, 2.75) is 24.5 Å². The van der Waals surface area contributed by atoms with Crippen LogP contribution in [0.25, 0.3) is 0 Å². The van der Waals surface area contributed by atoms with Crippen molar-refractivity contribution < 1.29 is 13.5 Å². The van der Waals surface area contributed by atoms with Crippen molar-refractivity contribution in [3.05, 3.63) is 30.3 Å². The Morgan fingerprint density at radius 3 is 2.43 bits per heavy atom. The second kappa shape index (κ2) is 4.54. The Labute approximate surface area is 83.6 Å². The van der Waals surface area contributed by atoms with Crippen molar-refractivity contribution >= 4 is 10.0 Å². The number of sulfonamides is 1. The van der Waals surface area contributed by atoms with E-state index in [1.807, 2.05) is 0 Å². The third kappa shape index (κ3) is 2.80. The van der Waals surface area contributed by atoms with Crippen LogP contribution in [0.4, 0.5) is 0 Å². The van der Waals surface area contributed by atoms with E-state index in [9.17, 15) is 8.42 Å². The molecule has 14 heavy (non-hydrogen) atoms. The summed E-state index contributed by atoms with van der Waals surface area (Å²) in [6.07, 6.45) is -0.688. The molecule has 2 N–H and O–H groups in total. The molecular formula is C9H13NO3S. The van der Waals surface area contributed by atoms with Gasteiger partial charge in [-0.15, -0.1) is 0 Å². The van der Waals surface area contributed by atoms with Gasteiger partial charge in [-0.3, -0.25) is 0 Å². The lowest BCUT2D eigenvalue weighted by molar-refractivity contribution is 0.159. The molecule has 78 valence electrons. The summed E-state index contributed by atoms with van der Waals surface area (Å²) in [6, 6.07) is 7.95. The molecule has 0 saturated heterocycles. The predicted molar refractivity (Wildman–Crippen MR) is 53.1 cm³/mol. The molecule has 0 fully saturated rings. The Balaban J connectivity index is 2.87. The Kier molecular flexibility index (Phi) is 3.62. The van der Waals surface area contributed by atoms with Gasteiger partial charge in [0.1, 0.15) is 6.23 Å². The minimum atomic E-state index is -3.57. The molecule has 1 unspecified atom stereocenters. The van der Waals surface area contributed by atoms with E-state index in [-0.39, 0.29) is 4.90 Å². The summed E-state index contributed by atoms with van der Waals surface area (Å²) in [5.41, 5.74) is 0. The number of nitrogens with one attached hydrogen (secondary N) is 1. The number of aliphatic hydroxyl groups is 1. The van der Waals surface area contributed by atoms with E-state index in [0.717, 1.165) is 0 Å². The Morgan fingerprint density at radius 1 is 1.36 bits per heavy atom. The third-order valence-corrected chi connectivity index (χ3v) is 3.21. The van der Waals surface area contributed by atoms with Gasteiger partial charge in [-0.25, -0.2) is 8.42 Å². The zero-order valence-electron chi connectivity index (χ0n) is 7.84. The van der Waals surface area contributed by atoms with Crippen LogP contribution in [0.15, 0.2) is 35.2 Å². The Hall–Kier alpha value is -0.910. The number of hydrogen-bond acceptors (Lipinski definition) is 3. The fourth-order valence-electron chi connectivity index (χ4n) is 0.930. The Bertz CT molecular complexity index is 374. The van der Waals surface area contributed by atoms with E-state index >= 15 is 0 Å². The summed E-state index contributed by atoms with van der Waals surface area (Å²) < 4.78 is 25.2. The van der Waals surface area contributed by atoms with E-state index in [1.165, 1.54) is 12.1 Å². The second-order valence-corrected chi connectivity index (χ2v) is 4.57. The molecule has 0 saturated carbocycles. The highest BCUT2D eigenvalue weighted by Gasteiger charge is 2.16. The smallest absolute Gasteiger partial charge is 0.242 e. The van der Waals surface area contributed by atoms with Crippen molar-refractivity contribution in [1.82, 2.24) is 4.72 Å². The van der Waals surface area contributed by atoms with Gasteiger partial charge in [-0.2, -0.15) is 4.72 Å². The van der Waals surface area contributed by atoms with Gasteiger partial charge < -0.3 is 5.11 Å². The first kappa shape index (κ1) is 11.2. The molecule has 1 aromatic rings. The van der Waals surface area contributed by atoms with Crippen molar-refractivity contribution in [3.63, 3.8) is 0 Å². The van der Waals surface area contributed by atoms with Crippen LogP contribution in [0.5, 0.6) is 0 Å². The van der Waals surface area contributed by atoms with Crippen LogP contribution in [0.2, 0.25) is 0 Å². The molecule has 1 aromatic carbocycles. The SMILES string of the molecule is CCC(O)NS(=O)(=O)c1ccccc1. The molecule has 4 nitrogen and oxygen atoms in total. The van der Waals surface area contributed by atoms with Crippen LogP contribution < -0.4 is 4.72 Å². The standard InChI is InChI=1S/C9H13NO3S/c1-2-9(11)10-14(12,13)8-6-4-3-5-7-8/h3-7,9-11H,2H2,1H3. The van der Waals surface area contributed by atoms with Crippen LogP contribution in [0.1, 0.15) is 13.3 Å². The summed E-state index contributed by atoms with van der Waals surface area (Å²) >= 11 is 0. The lowest BCUT2D eigenvalue weighted by atomic mass is 10.4. The fraction of sp³-hybridized carbons (Fsp3) is 0.333. The van der Waals surface area contributed by atoms with Crippen molar-refractivity contribution in [3.8, 4) is 0 Å². The lowest BCUT2D eigenvalue weighted by Crippen LogP contribution is -2.33. The van der Waals surface area contributed by atoms with Crippen molar-refractivity contribution in [2.24, 2.45) is 0 Å². The molecule has 0 spiro atoms. The summed E-state index contributed by atoms with van der Waals surface area (Å²) in [7, 11) is -3.57. The van der Waals surface area contributed by atoms with E-state index in [1.54, 1.807) is 25.1 Å². The van der Waals surface area contributed by atoms with Gasteiger partial charge in [0.25, 0.3) is 0 Å². The summed E-state index contributed by atoms with van der Waals surface area (Å²) in [5.74, 6) is 0. The molecular weight excluding hydrogens is 202 g/mol. The molecule has 1 atom stereocenters. The zero-order valence-corrected chi connectivity index (χ0v) is 8.66. The van der Waals surface area contributed by atoms with E-state index in [2.05, 4.69) is 4.72 Å². The molecule has 0 bridgehead atoms. The maximum atomic E-state index is 11.5. The molecule has 0 aliphatic rings. The predicted octanol–water partition coefficient (Wildman–Crippen LogP) is 0.693. The maximum absolute atomic E-state index is 11.5. The molecule has 0 aliphatic heterocycles. The Morgan fingerprint density at radius 2 is 1.93 bits per heavy atom. The van der Waals surface area contributed by atoms with E-state index < -0.39 is 16.3 Å². The largest absolute Gasteiger partial charge is 0.378 e. The highest BCUT2D eigenvalue weighted by atomic mass is 32.2. The van der Waals surface area contributed by atoms with Gasteiger partial charge in [0, 0.05) is 0 Å². The number of aliphatic hydroxyl groups excluding tert-OH is 1. The van der Waals surface area contributed by atoms with E-state index in [0.29, 0.717) is 6.42 Å². The minimum absolute atomic E-state index is 0.160. The third-order valence-electron chi connectivity index (χ3n) is 1.73. The number of rotatable bonds is 4. The zero-order chi connectivity index (χ0) is 10.6. The van der Waals surface area contributed by atoms with Crippen LogP contribution in [0.3, 0.4) is 0 Å². The van der Waals surface area contributed by atoms with Gasteiger partial charge in [0.15, 0.2) is 0 Å². The second-order valence-electron chi connectivity index (χ2n) is 2.86. The average Bonchev–Trinajstić information content (AvgIpc) is 2.18. The minimum Gasteiger partial charge on any atom is -0.378 e. The highest BCUT2D eigenvalue weighted by Crippen LogP contribution is 2.07. The summed E-state index contributed by atoms with van der Waals surface area (Å²) in [6.45, 7) is 1.69. The van der Waals surface area contributed by atoms with E-state index in [4.69, 9.17) is 5.11 Å². The monoisotopic (exact) mass is 215 g/mol.